The second-order valence-electron chi connectivity index (χ2n) is 6.60. The summed E-state index contributed by atoms with van der Waals surface area (Å²) in [6, 6.07) is 2.15. The average molecular weight is 317 g/mol. The quantitative estimate of drug-likeness (QED) is 0.907. The third kappa shape index (κ3) is 3.80. The van der Waals surface area contributed by atoms with Crippen LogP contribution >= 0.6 is 0 Å². The molecule has 1 atom stereocenters. The molecule has 2 aliphatic rings. The van der Waals surface area contributed by atoms with Gasteiger partial charge in [-0.3, -0.25) is 4.79 Å². The Morgan fingerprint density at radius 1 is 1.26 bits per heavy atom. The number of nitrogens with zero attached hydrogens (tertiary/aromatic N) is 4. The molecule has 3 heterocycles. The van der Waals surface area contributed by atoms with E-state index in [0.29, 0.717) is 12.5 Å². The molecule has 23 heavy (non-hydrogen) atoms. The van der Waals surface area contributed by atoms with E-state index in [-0.39, 0.29) is 5.91 Å². The van der Waals surface area contributed by atoms with E-state index < -0.39 is 0 Å². The predicted octanol–water partition coefficient (Wildman–Crippen LogP) is 1.31. The summed E-state index contributed by atoms with van der Waals surface area (Å²) in [5, 5.41) is 2.95. The van der Waals surface area contributed by atoms with Crippen molar-refractivity contribution in [2.45, 2.75) is 38.5 Å². The lowest BCUT2D eigenvalue weighted by atomic mass is 9.94. The van der Waals surface area contributed by atoms with Gasteiger partial charge in [-0.05, 0) is 39.7 Å². The van der Waals surface area contributed by atoms with E-state index in [4.69, 9.17) is 0 Å². The lowest BCUT2D eigenvalue weighted by Crippen LogP contribution is -2.43. The summed E-state index contributed by atoms with van der Waals surface area (Å²) in [6.07, 6.45) is 4.63. The third-order valence-corrected chi connectivity index (χ3v) is 4.79. The van der Waals surface area contributed by atoms with Gasteiger partial charge < -0.3 is 15.1 Å². The van der Waals surface area contributed by atoms with Crippen molar-refractivity contribution in [2.75, 3.05) is 44.7 Å². The average Bonchev–Trinajstić information content (AvgIpc) is 3.09. The Morgan fingerprint density at radius 2 is 2.04 bits per heavy atom. The van der Waals surface area contributed by atoms with Crippen LogP contribution in [0.15, 0.2) is 6.07 Å². The van der Waals surface area contributed by atoms with Gasteiger partial charge >= 0.3 is 0 Å². The largest absolute Gasteiger partial charge is 0.357 e. The molecule has 126 valence electrons. The summed E-state index contributed by atoms with van der Waals surface area (Å²) in [7, 11) is 1.81. The Labute approximate surface area is 138 Å². The van der Waals surface area contributed by atoms with E-state index >= 15 is 0 Å². The number of amides is 1. The van der Waals surface area contributed by atoms with Crippen LogP contribution in [-0.2, 0) is 4.79 Å². The fraction of sp³-hybridized carbons (Fsp3) is 0.706. The number of aromatic nitrogens is 2. The molecule has 2 aliphatic heterocycles. The lowest BCUT2D eigenvalue weighted by molar-refractivity contribution is -0.131. The smallest absolute Gasteiger partial charge is 0.236 e. The first-order valence-corrected chi connectivity index (χ1v) is 8.70. The van der Waals surface area contributed by atoms with Gasteiger partial charge in [-0.1, -0.05) is 0 Å². The van der Waals surface area contributed by atoms with Crippen LogP contribution < -0.4 is 10.2 Å². The molecule has 1 aromatic heterocycles. The van der Waals surface area contributed by atoms with Crippen LogP contribution in [-0.4, -0.2) is 60.5 Å². The normalized spacial score (nSPS) is 21.7. The number of hydrogen-bond donors (Lipinski definition) is 1. The summed E-state index contributed by atoms with van der Waals surface area (Å²) >= 11 is 0. The second kappa shape index (κ2) is 7.25. The molecule has 0 saturated carbocycles. The Bertz CT molecular complexity index is 556. The van der Waals surface area contributed by atoms with Crippen molar-refractivity contribution >= 4 is 11.7 Å². The number of likely N-dealkylation sites (tertiary alicyclic amines) is 1. The van der Waals surface area contributed by atoms with Crippen molar-refractivity contribution in [1.82, 2.24) is 20.2 Å². The fourth-order valence-corrected chi connectivity index (χ4v) is 3.60. The highest BCUT2D eigenvalue weighted by molar-refractivity contribution is 5.78. The molecule has 1 amide bonds. The van der Waals surface area contributed by atoms with Gasteiger partial charge in [0.2, 0.25) is 5.91 Å². The Kier molecular flexibility index (Phi) is 5.10. The zero-order valence-electron chi connectivity index (χ0n) is 14.2. The summed E-state index contributed by atoms with van der Waals surface area (Å²) in [4.78, 5) is 25.8. The highest BCUT2D eigenvalue weighted by Gasteiger charge is 2.26. The van der Waals surface area contributed by atoms with Crippen LogP contribution in [0.2, 0.25) is 0 Å². The molecule has 0 bridgehead atoms. The zero-order valence-corrected chi connectivity index (χ0v) is 14.2. The van der Waals surface area contributed by atoms with Crippen LogP contribution in [0.5, 0.6) is 0 Å². The van der Waals surface area contributed by atoms with E-state index in [1.54, 1.807) is 0 Å². The Hall–Kier alpha value is -1.69. The van der Waals surface area contributed by atoms with Crippen LogP contribution in [0.3, 0.4) is 0 Å². The molecule has 0 radical (unpaired) electrons. The van der Waals surface area contributed by atoms with Crippen LogP contribution in [0.25, 0.3) is 0 Å². The monoisotopic (exact) mass is 317 g/mol. The number of carbonyl (C=O) groups is 1. The minimum atomic E-state index is 0.183. The van der Waals surface area contributed by atoms with Crippen molar-refractivity contribution < 1.29 is 4.79 Å². The molecule has 0 aliphatic carbocycles. The Morgan fingerprint density at radius 3 is 2.78 bits per heavy atom. The summed E-state index contributed by atoms with van der Waals surface area (Å²) < 4.78 is 0. The number of hydrogen-bond acceptors (Lipinski definition) is 5. The SMILES string of the molecule is CNCC(=O)N1CCCC(c2cc(N3CCCC3)nc(C)n2)C1. The van der Waals surface area contributed by atoms with Gasteiger partial charge in [0.1, 0.15) is 11.6 Å². The maximum atomic E-state index is 12.1. The van der Waals surface area contributed by atoms with Gasteiger partial charge in [-0.15, -0.1) is 0 Å². The maximum Gasteiger partial charge on any atom is 0.236 e. The Balaban J connectivity index is 1.76. The van der Waals surface area contributed by atoms with Gasteiger partial charge in [-0.25, -0.2) is 9.97 Å². The van der Waals surface area contributed by atoms with Crippen LogP contribution in [0.4, 0.5) is 5.82 Å². The molecule has 6 nitrogen and oxygen atoms in total. The molecular weight excluding hydrogens is 290 g/mol. The molecule has 0 aromatic carbocycles. The molecule has 2 fully saturated rings. The van der Waals surface area contributed by atoms with Gasteiger partial charge in [0.05, 0.1) is 12.2 Å². The summed E-state index contributed by atoms with van der Waals surface area (Å²) in [5.74, 6) is 2.40. The van der Waals surface area contributed by atoms with Crippen molar-refractivity contribution in [3.63, 3.8) is 0 Å². The zero-order chi connectivity index (χ0) is 16.2. The number of rotatable bonds is 4. The molecule has 1 unspecified atom stereocenters. The number of nitrogens with one attached hydrogen (secondary N) is 1. The number of anilines is 1. The molecule has 2 saturated heterocycles. The standard InChI is InChI=1S/C17H27N5O/c1-13-19-15(10-16(20-13)21-7-3-4-8-21)14-6-5-9-22(12-14)17(23)11-18-2/h10,14,18H,3-9,11-12H2,1-2H3. The van der Waals surface area contributed by atoms with Crippen LogP contribution in [0, 0.1) is 6.92 Å². The maximum absolute atomic E-state index is 12.1. The number of aryl methyl sites for hydroxylation is 1. The first-order chi connectivity index (χ1) is 11.2. The van der Waals surface area contributed by atoms with Gasteiger partial charge in [0, 0.05) is 38.2 Å². The molecule has 0 spiro atoms. The van der Waals surface area contributed by atoms with Crippen molar-refractivity contribution in [1.29, 1.82) is 0 Å². The topological polar surface area (TPSA) is 61.4 Å². The minimum absolute atomic E-state index is 0.183. The molecule has 6 heteroatoms. The van der Waals surface area contributed by atoms with Gasteiger partial charge in [0.15, 0.2) is 0 Å². The van der Waals surface area contributed by atoms with Crippen molar-refractivity contribution in [2.24, 2.45) is 0 Å². The van der Waals surface area contributed by atoms with Crippen molar-refractivity contribution in [3.05, 3.63) is 17.6 Å². The van der Waals surface area contributed by atoms with Gasteiger partial charge in [-0.2, -0.15) is 0 Å². The predicted molar refractivity (Wildman–Crippen MR) is 90.7 cm³/mol. The van der Waals surface area contributed by atoms with E-state index in [1.807, 2.05) is 18.9 Å². The van der Waals surface area contributed by atoms with Crippen molar-refractivity contribution in [3.8, 4) is 0 Å². The highest BCUT2D eigenvalue weighted by Crippen LogP contribution is 2.28. The number of likely N-dealkylation sites (N-methyl/N-ethyl adjacent to an activating group) is 1. The molecular formula is C17H27N5O. The lowest BCUT2D eigenvalue weighted by Gasteiger charge is -2.33. The van der Waals surface area contributed by atoms with E-state index in [0.717, 1.165) is 56.4 Å². The first-order valence-electron chi connectivity index (χ1n) is 8.70. The van der Waals surface area contributed by atoms with Crippen LogP contribution in [0.1, 0.15) is 43.1 Å². The first kappa shape index (κ1) is 16.2. The molecule has 3 rings (SSSR count). The third-order valence-electron chi connectivity index (χ3n) is 4.79. The fourth-order valence-electron chi connectivity index (χ4n) is 3.60. The van der Waals surface area contributed by atoms with E-state index in [1.165, 1.54) is 12.8 Å². The second-order valence-corrected chi connectivity index (χ2v) is 6.60. The summed E-state index contributed by atoms with van der Waals surface area (Å²) in [6.45, 7) is 6.20. The number of piperidine rings is 1. The van der Waals surface area contributed by atoms with E-state index in [9.17, 15) is 4.79 Å². The van der Waals surface area contributed by atoms with Gasteiger partial charge in [0.25, 0.3) is 0 Å². The minimum Gasteiger partial charge on any atom is -0.357 e. The van der Waals surface area contributed by atoms with E-state index in [2.05, 4.69) is 26.3 Å². The highest BCUT2D eigenvalue weighted by atomic mass is 16.2. The number of carbonyl (C=O) groups excluding carboxylic acids is 1. The molecule has 1 N–H and O–H groups in total. The molecule has 1 aromatic rings. The summed E-state index contributed by atoms with van der Waals surface area (Å²) in [5.41, 5.74) is 1.10.